The van der Waals surface area contributed by atoms with Crippen LogP contribution in [-0.4, -0.2) is 80.9 Å². The molecule has 328 valence electrons. The number of rotatable bonds is 16. The SMILES string of the molecule is CC#C[C@]1(O)C(OC)O[C@H](COCc2ccc(Cl)cc2Cl)[C@H]1OCc1ccc(Cl)cc1Cl.COC1O[C@H](COCc2ccc(Cl)cc2Cl)[C@@H](OCc2ccc(Cl)cc2Cl)C1=O. The largest absolute Gasteiger partial charge is 0.374 e. The van der Waals surface area contributed by atoms with E-state index in [0.29, 0.717) is 51.3 Å². The van der Waals surface area contributed by atoms with E-state index in [-0.39, 0.29) is 45.4 Å². The molecule has 2 heterocycles. The standard InChI is InChI=1S/C23H22Cl4O5.C20H18Cl4O5/c1-3-8-23(28)21(31-12-15-5-7-17(25)10-19(15)27)20(32-22(23)29-2)13-30-11-14-4-6-16(24)9-18(14)26;1-26-20-18(25)19(28-9-12-3-5-14(22)7-16(12)24)17(29-20)10-27-8-11-2-4-13(21)6-15(11)23/h4-7,9-10,20-22,28H,11-13H2,1-2H3;2-7,17,19-20H,8-10H2,1H3/t20-,21-,22?,23-;17-,19-,20?/m11/s1. The third-order valence-electron chi connectivity index (χ3n) is 9.31. The Labute approximate surface area is 394 Å². The second-order valence-electron chi connectivity index (χ2n) is 13.5. The van der Waals surface area contributed by atoms with Crippen molar-refractivity contribution >= 4 is 98.6 Å². The number of hydrogen-bond donors (Lipinski definition) is 1. The maximum Gasteiger partial charge on any atom is 0.220 e. The van der Waals surface area contributed by atoms with Crippen molar-refractivity contribution in [3.8, 4) is 11.8 Å². The lowest BCUT2D eigenvalue weighted by Gasteiger charge is -2.28. The van der Waals surface area contributed by atoms with E-state index >= 15 is 0 Å². The quantitative estimate of drug-likeness (QED) is 0.109. The van der Waals surface area contributed by atoms with Crippen molar-refractivity contribution in [1.29, 1.82) is 0 Å². The van der Waals surface area contributed by atoms with Crippen molar-refractivity contribution in [2.75, 3.05) is 27.4 Å². The number of aliphatic hydroxyl groups is 1. The Balaban J connectivity index is 0.000000232. The van der Waals surface area contributed by atoms with Crippen LogP contribution in [0.4, 0.5) is 0 Å². The Morgan fingerprint density at radius 3 is 1.44 bits per heavy atom. The van der Waals surface area contributed by atoms with Gasteiger partial charge in [-0.05, 0) is 77.7 Å². The number of halogens is 8. The van der Waals surface area contributed by atoms with Gasteiger partial charge in [-0.25, -0.2) is 0 Å². The van der Waals surface area contributed by atoms with Crippen molar-refractivity contribution in [3.05, 3.63) is 135 Å². The summed E-state index contributed by atoms with van der Waals surface area (Å²) in [6.07, 6.45) is -5.05. The van der Waals surface area contributed by atoms with Gasteiger partial charge in [-0.15, -0.1) is 5.92 Å². The minimum absolute atomic E-state index is 0.103. The van der Waals surface area contributed by atoms with Gasteiger partial charge < -0.3 is 43.0 Å². The predicted molar refractivity (Wildman–Crippen MR) is 237 cm³/mol. The summed E-state index contributed by atoms with van der Waals surface area (Å²) in [4.78, 5) is 12.5. The molecule has 10 nitrogen and oxygen atoms in total. The molecule has 61 heavy (non-hydrogen) atoms. The van der Waals surface area contributed by atoms with E-state index in [1.807, 2.05) is 0 Å². The van der Waals surface area contributed by atoms with Gasteiger partial charge in [-0.3, -0.25) is 4.79 Å². The van der Waals surface area contributed by atoms with E-state index in [9.17, 15) is 9.90 Å². The highest BCUT2D eigenvalue weighted by atomic mass is 35.5. The van der Waals surface area contributed by atoms with Crippen LogP contribution >= 0.6 is 92.8 Å². The maximum atomic E-state index is 12.5. The Morgan fingerprint density at radius 2 is 1.03 bits per heavy atom. The number of ketones is 1. The second-order valence-corrected chi connectivity index (χ2v) is 16.9. The molecule has 2 saturated heterocycles. The van der Waals surface area contributed by atoms with E-state index < -0.39 is 42.6 Å². The summed E-state index contributed by atoms with van der Waals surface area (Å²) < 4.78 is 45.3. The molecule has 0 amide bonds. The highest BCUT2D eigenvalue weighted by molar-refractivity contribution is 6.36. The highest BCUT2D eigenvalue weighted by Gasteiger charge is 2.57. The van der Waals surface area contributed by atoms with Crippen LogP contribution in [0, 0.1) is 11.8 Å². The molecule has 4 aromatic carbocycles. The number of ether oxygens (including phenoxy) is 8. The van der Waals surface area contributed by atoms with Crippen LogP contribution in [0.5, 0.6) is 0 Å². The molecular formula is C43H40Cl8O10. The molecule has 0 bridgehead atoms. The summed E-state index contributed by atoms with van der Waals surface area (Å²) in [5.74, 6) is 5.18. The summed E-state index contributed by atoms with van der Waals surface area (Å²) in [7, 11) is 2.82. The van der Waals surface area contributed by atoms with Gasteiger partial charge in [0.2, 0.25) is 24.0 Å². The first kappa shape index (κ1) is 50.1. The lowest BCUT2D eigenvalue weighted by Crippen LogP contribution is -2.49. The summed E-state index contributed by atoms with van der Waals surface area (Å²) in [5, 5.41) is 15.3. The minimum Gasteiger partial charge on any atom is -0.374 e. The zero-order chi connectivity index (χ0) is 44.3. The van der Waals surface area contributed by atoms with Crippen molar-refractivity contribution < 1.29 is 47.8 Å². The molecule has 0 aromatic heterocycles. The number of carbonyl (C=O) groups is 1. The molecule has 0 aliphatic carbocycles. The van der Waals surface area contributed by atoms with Crippen LogP contribution in [0.1, 0.15) is 29.2 Å². The molecular weight excluding hydrogens is 960 g/mol. The van der Waals surface area contributed by atoms with Gasteiger partial charge in [0.15, 0.2) is 0 Å². The molecule has 0 radical (unpaired) electrons. The van der Waals surface area contributed by atoms with Gasteiger partial charge in [-0.2, -0.15) is 0 Å². The van der Waals surface area contributed by atoms with Crippen LogP contribution in [0.15, 0.2) is 72.8 Å². The number of benzene rings is 4. The summed E-state index contributed by atoms with van der Waals surface area (Å²) in [6, 6.07) is 20.5. The molecule has 2 unspecified atom stereocenters. The first-order valence-electron chi connectivity index (χ1n) is 18.4. The van der Waals surface area contributed by atoms with Crippen molar-refractivity contribution in [1.82, 2.24) is 0 Å². The Morgan fingerprint density at radius 1 is 0.607 bits per heavy atom. The van der Waals surface area contributed by atoms with Crippen LogP contribution in [0.25, 0.3) is 0 Å². The highest BCUT2D eigenvalue weighted by Crippen LogP contribution is 2.36. The fraction of sp³-hybridized carbons (Fsp3) is 0.372. The maximum absolute atomic E-state index is 12.5. The average molecular weight is 1000 g/mol. The monoisotopic (exact) mass is 996 g/mol. The predicted octanol–water partition coefficient (Wildman–Crippen LogP) is 10.9. The summed E-state index contributed by atoms with van der Waals surface area (Å²) in [5.41, 5.74) is 1.25. The van der Waals surface area contributed by atoms with Gasteiger partial charge in [0.25, 0.3) is 0 Å². The van der Waals surface area contributed by atoms with Crippen LogP contribution in [-0.2, 0) is 69.1 Å². The van der Waals surface area contributed by atoms with Gasteiger partial charge in [0, 0.05) is 54.4 Å². The Kier molecular flexibility index (Phi) is 19.6. The van der Waals surface area contributed by atoms with E-state index in [1.165, 1.54) is 14.2 Å². The first-order chi connectivity index (χ1) is 29.2. The summed E-state index contributed by atoms with van der Waals surface area (Å²) >= 11 is 48.5. The van der Waals surface area contributed by atoms with Crippen molar-refractivity contribution in [2.24, 2.45) is 0 Å². The molecule has 2 fully saturated rings. The molecule has 0 saturated carbocycles. The average Bonchev–Trinajstić information content (AvgIpc) is 3.66. The third kappa shape index (κ3) is 13.6. The fourth-order valence-electron chi connectivity index (χ4n) is 6.26. The van der Waals surface area contributed by atoms with Crippen LogP contribution < -0.4 is 0 Å². The zero-order valence-electron chi connectivity index (χ0n) is 32.8. The van der Waals surface area contributed by atoms with Gasteiger partial charge in [0.1, 0.15) is 24.4 Å². The number of carbonyl (C=O) groups excluding carboxylic acids is 1. The van der Waals surface area contributed by atoms with E-state index in [0.717, 1.165) is 11.1 Å². The lowest BCUT2D eigenvalue weighted by atomic mass is 9.95. The number of methoxy groups -OCH3 is 2. The van der Waals surface area contributed by atoms with Gasteiger partial charge in [-0.1, -0.05) is 123 Å². The topological polar surface area (TPSA) is 111 Å². The van der Waals surface area contributed by atoms with Crippen LogP contribution in [0.3, 0.4) is 0 Å². The fourth-order valence-corrected chi connectivity index (χ4v) is 8.12. The van der Waals surface area contributed by atoms with Crippen molar-refractivity contribution in [3.63, 3.8) is 0 Å². The normalized spacial score (nSPS) is 23.4. The molecule has 1 N–H and O–H groups in total. The molecule has 0 spiro atoms. The molecule has 7 atom stereocenters. The second kappa shape index (κ2) is 23.8. The molecule has 2 aliphatic heterocycles. The number of Topliss-reactive ketones (excluding diaryl/α,β-unsaturated/α-hetero) is 1. The van der Waals surface area contributed by atoms with E-state index in [4.69, 9.17) is 131 Å². The van der Waals surface area contributed by atoms with E-state index in [1.54, 1.807) is 79.7 Å². The molecule has 6 rings (SSSR count). The zero-order valence-corrected chi connectivity index (χ0v) is 38.8. The first-order valence-corrected chi connectivity index (χ1v) is 21.4. The molecule has 2 aliphatic rings. The van der Waals surface area contributed by atoms with E-state index in [2.05, 4.69) is 11.8 Å². The van der Waals surface area contributed by atoms with Gasteiger partial charge in [0.05, 0.1) is 39.6 Å². The number of hydrogen-bond acceptors (Lipinski definition) is 10. The van der Waals surface area contributed by atoms with Gasteiger partial charge >= 0.3 is 0 Å². The molecule has 18 heteroatoms. The Bertz CT molecular complexity index is 2180. The van der Waals surface area contributed by atoms with Crippen molar-refractivity contribution in [2.45, 2.75) is 75.9 Å². The third-order valence-corrected chi connectivity index (χ3v) is 11.7. The van der Waals surface area contributed by atoms with Crippen LogP contribution in [0.2, 0.25) is 40.2 Å². The summed E-state index contributed by atoms with van der Waals surface area (Å²) in [6.45, 7) is 2.51. The molecule has 4 aromatic rings. The minimum atomic E-state index is -1.70. The lowest BCUT2D eigenvalue weighted by molar-refractivity contribution is -0.176. The Hall–Kier alpha value is -1.93. The smallest absolute Gasteiger partial charge is 0.220 e.